The quantitative estimate of drug-likeness (QED) is 0.808. The van der Waals surface area contributed by atoms with E-state index in [-0.39, 0.29) is 5.78 Å². The number of carbonyl (C=O) groups excluding carboxylic acids is 1. The van der Waals surface area contributed by atoms with Gasteiger partial charge >= 0.3 is 0 Å². The van der Waals surface area contributed by atoms with Gasteiger partial charge in [0.15, 0.2) is 5.78 Å². The van der Waals surface area contributed by atoms with Gasteiger partial charge in [0.1, 0.15) is 0 Å². The van der Waals surface area contributed by atoms with Crippen LogP contribution in [0.2, 0.25) is 0 Å². The van der Waals surface area contributed by atoms with Crippen molar-refractivity contribution < 1.29 is 4.79 Å². The topological polar surface area (TPSA) is 32.3 Å². The van der Waals surface area contributed by atoms with E-state index in [1.807, 2.05) is 18.2 Å². The summed E-state index contributed by atoms with van der Waals surface area (Å²) in [5.41, 5.74) is 2.59. The average Bonchev–Trinajstić information content (AvgIpc) is 2.37. The molecule has 1 N–H and O–H groups in total. The zero-order valence-corrected chi connectivity index (χ0v) is 10.9. The SMILES string of the molecule is CC(=O)c1cccc(N2CCC3(CC2)CNC3)c1. The van der Waals surface area contributed by atoms with Crippen molar-refractivity contribution in [2.24, 2.45) is 5.41 Å². The zero-order valence-electron chi connectivity index (χ0n) is 10.9. The van der Waals surface area contributed by atoms with Gasteiger partial charge in [0, 0.05) is 37.4 Å². The molecule has 0 bridgehead atoms. The molecule has 1 aromatic rings. The molecule has 0 unspecified atom stereocenters. The molecule has 3 heteroatoms. The highest BCUT2D eigenvalue weighted by molar-refractivity contribution is 5.94. The summed E-state index contributed by atoms with van der Waals surface area (Å²) in [5, 5.41) is 3.39. The predicted octanol–water partition coefficient (Wildman–Crippen LogP) is 2.08. The first-order valence-electron chi connectivity index (χ1n) is 6.75. The van der Waals surface area contributed by atoms with Crippen molar-refractivity contribution in [2.75, 3.05) is 31.1 Å². The molecule has 96 valence electrons. The Morgan fingerprint density at radius 3 is 2.56 bits per heavy atom. The summed E-state index contributed by atoms with van der Waals surface area (Å²) in [5.74, 6) is 0.147. The number of carbonyl (C=O) groups is 1. The minimum atomic E-state index is 0.147. The molecular weight excluding hydrogens is 224 g/mol. The fourth-order valence-electron chi connectivity index (χ4n) is 2.99. The smallest absolute Gasteiger partial charge is 0.159 e. The first-order valence-corrected chi connectivity index (χ1v) is 6.75. The molecule has 3 nitrogen and oxygen atoms in total. The second-order valence-electron chi connectivity index (χ2n) is 5.70. The predicted molar refractivity (Wildman–Crippen MR) is 73.2 cm³/mol. The molecule has 1 spiro atoms. The number of hydrogen-bond donors (Lipinski definition) is 1. The third-order valence-corrected chi connectivity index (χ3v) is 4.44. The Morgan fingerprint density at radius 2 is 2.00 bits per heavy atom. The lowest BCUT2D eigenvalue weighted by atomic mass is 9.73. The molecule has 0 atom stereocenters. The van der Waals surface area contributed by atoms with E-state index in [9.17, 15) is 4.79 Å². The van der Waals surface area contributed by atoms with Crippen molar-refractivity contribution >= 4 is 11.5 Å². The Labute approximate surface area is 108 Å². The van der Waals surface area contributed by atoms with Crippen LogP contribution in [0.15, 0.2) is 24.3 Å². The average molecular weight is 244 g/mol. The van der Waals surface area contributed by atoms with Crippen LogP contribution < -0.4 is 10.2 Å². The summed E-state index contributed by atoms with van der Waals surface area (Å²) in [4.78, 5) is 13.8. The highest BCUT2D eigenvalue weighted by Crippen LogP contribution is 2.36. The lowest BCUT2D eigenvalue weighted by molar-refractivity contribution is 0.101. The molecule has 2 aliphatic rings. The molecule has 2 saturated heterocycles. The Morgan fingerprint density at radius 1 is 1.28 bits per heavy atom. The summed E-state index contributed by atoms with van der Waals surface area (Å²) < 4.78 is 0. The van der Waals surface area contributed by atoms with Crippen LogP contribution in [0.1, 0.15) is 30.1 Å². The summed E-state index contributed by atoms with van der Waals surface area (Å²) in [6, 6.07) is 8.03. The number of Topliss-reactive ketones (excluding diaryl/α,β-unsaturated/α-hetero) is 1. The lowest BCUT2D eigenvalue weighted by Crippen LogP contribution is -2.58. The van der Waals surface area contributed by atoms with Crippen LogP contribution in [0.25, 0.3) is 0 Å². The zero-order chi connectivity index (χ0) is 12.6. The molecule has 0 aliphatic carbocycles. The van der Waals surface area contributed by atoms with Crippen LogP contribution in [0.3, 0.4) is 0 Å². The number of nitrogens with one attached hydrogen (secondary N) is 1. The van der Waals surface area contributed by atoms with Gasteiger partial charge in [0.05, 0.1) is 0 Å². The van der Waals surface area contributed by atoms with Gasteiger partial charge in [-0.05, 0) is 37.3 Å². The Bertz CT molecular complexity index is 455. The minimum absolute atomic E-state index is 0.147. The molecule has 1 aromatic carbocycles. The first kappa shape index (κ1) is 11.7. The van der Waals surface area contributed by atoms with Crippen molar-refractivity contribution in [1.29, 1.82) is 0 Å². The van der Waals surface area contributed by atoms with E-state index in [4.69, 9.17) is 0 Å². The van der Waals surface area contributed by atoms with E-state index in [1.54, 1.807) is 6.92 Å². The molecular formula is C15H20N2O. The van der Waals surface area contributed by atoms with Crippen LogP contribution in [-0.2, 0) is 0 Å². The summed E-state index contributed by atoms with van der Waals surface area (Å²) in [6.07, 6.45) is 2.54. The third-order valence-electron chi connectivity index (χ3n) is 4.44. The normalized spacial score (nSPS) is 21.7. The maximum atomic E-state index is 11.4. The van der Waals surface area contributed by atoms with Crippen molar-refractivity contribution in [2.45, 2.75) is 19.8 Å². The number of piperidine rings is 1. The van der Waals surface area contributed by atoms with Gasteiger partial charge in [-0.15, -0.1) is 0 Å². The van der Waals surface area contributed by atoms with Crippen LogP contribution in [0.5, 0.6) is 0 Å². The molecule has 0 amide bonds. The van der Waals surface area contributed by atoms with Gasteiger partial charge in [-0.2, -0.15) is 0 Å². The number of nitrogens with zero attached hydrogens (tertiary/aromatic N) is 1. The highest BCUT2D eigenvalue weighted by Gasteiger charge is 2.39. The standard InChI is InChI=1S/C15H20N2O/c1-12(18)13-3-2-4-14(9-13)17-7-5-15(6-8-17)10-16-11-15/h2-4,9,16H,5-8,10-11H2,1H3. The second kappa shape index (κ2) is 4.39. The monoisotopic (exact) mass is 244 g/mol. The highest BCUT2D eigenvalue weighted by atomic mass is 16.1. The van der Waals surface area contributed by atoms with E-state index in [0.29, 0.717) is 5.41 Å². The first-order chi connectivity index (χ1) is 8.69. The largest absolute Gasteiger partial charge is 0.371 e. The number of anilines is 1. The minimum Gasteiger partial charge on any atom is -0.371 e. The number of hydrogen-bond acceptors (Lipinski definition) is 3. The van der Waals surface area contributed by atoms with Crippen molar-refractivity contribution in [3.8, 4) is 0 Å². The van der Waals surface area contributed by atoms with Gasteiger partial charge in [0.2, 0.25) is 0 Å². The summed E-state index contributed by atoms with van der Waals surface area (Å²) in [7, 11) is 0. The van der Waals surface area contributed by atoms with Crippen LogP contribution in [0.4, 0.5) is 5.69 Å². The molecule has 0 radical (unpaired) electrons. The number of ketones is 1. The molecule has 2 heterocycles. The van der Waals surface area contributed by atoms with Crippen molar-refractivity contribution in [3.05, 3.63) is 29.8 Å². The lowest BCUT2D eigenvalue weighted by Gasteiger charge is -2.49. The van der Waals surface area contributed by atoms with E-state index < -0.39 is 0 Å². The molecule has 0 saturated carbocycles. The van der Waals surface area contributed by atoms with Crippen molar-refractivity contribution in [3.63, 3.8) is 0 Å². The number of benzene rings is 1. The molecule has 2 aliphatic heterocycles. The second-order valence-corrected chi connectivity index (χ2v) is 5.70. The maximum Gasteiger partial charge on any atom is 0.159 e. The van der Waals surface area contributed by atoms with Gasteiger partial charge in [-0.3, -0.25) is 4.79 Å². The molecule has 18 heavy (non-hydrogen) atoms. The van der Waals surface area contributed by atoms with Crippen LogP contribution >= 0.6 is 0 Å². The van der Waals surface area contributed by atoms with Gasteiger partial charge < -0.3 is 10.2 Å². The fourth-order valence-corrected chi connectivity index (χ4v) is 2.99. The molecule has 0 aromatic heterocycles. The maximum absolute atomic E-state index is 11.4. The van der Waals surface area contributed by atoms with E-state index >= 15 is 0 Å². The van der Waals surface area contributed by atoms with E-state index in [2.05, 4.69) is 16.3 Å². The third kappa shape index (κ3) is 2.03. The van der Waals surface area contributed by atoms with Gasteiger partial charge in [-0.1, -0.05) is 12.1 Å². The Balaban J connectivity index is 1.72. The van der Waals surface area contributed by atoms with Crippen molar-refractivity contribution in [1.82, 2.24) is 5.32 Å². The molecule has 3 rings (SSSR count). The Kier molecular flexibility index (Phi) is 2.86. The van der Waals surface area contributed by atoms with Crippen LogP contribution in [0, 0.1) is 5.41 Å². The summed E-state index contributed by atoms with van der Waals surface area (Å²) in [6.45, 7) is 6.24. The van der Waals surface area contributed by atoms with Gasteiger partial charge in [0.25, 0.3) is 0 Å². The van der Waals surface area contributed by atoms with Gasteiger partial charge in [-0.25, -0.2) is 0 Å². The number of rotatable bonds is 2. The van der Waals surface area contributed by atoms with E-state index in [1.165, 1.54) is 31.6 Å². The van der Waals surface area contributed by atoms with E-state index in [0.717, 1.165) is 18.7 Å². The summed E-state index contributed by atoms with van der Waals surface area (Å²) >= 11 is 0. The Hall–Kier alpha value is -1.35. The molecule has 2 fully saturated rings. The fraction of sp³-hybridized carbons (Fsp3) is 0.533. The van der Waals surface area contributed by atoms with Crippen LogP contribution in [-0.4, -0.2) is 32.0 Å².